The molecule has 0 aliphatic carbocycles. The fourth-order valence-electron chi connectivity index (χ4n) is 1.48. The molecule has 0 unspecified atom stereocenters. The van der Waals surface area contributed by atoms with Crippen molar-refractivity contribution in [3.63, 3.8) is 0 Å². The molecule has 0 fully saturated rings. The van der Waals surface area contributed by atoms with Crippen molar-refractivity contribution in [1.82, 2.24) is 0 Å². The van der Waals surface area contributed by atoms with E-state index in [0.29, 0.717) is 0 Å². The lowest BCUT2D eigenvalue weighted by atomic mass is 9.86. The molecule has 78 valence electrons. The fraction of sp³-hybridized carbons (Fsp3) is 0.538. The molecular formula is C13H20O. The Morgan fingerprint density at radius 2 is 1.64 bits per heavy atom. The smallest absolute Gasteiger partial charge is 0.0552 e. The van der Waals surface area contributed by atoms with Gasteiger partial charge in [0, 0.05) is 0 Å². The van der Waals surface area contributed by atoms with Crippen LogP contribution in [0.3, 0.4) is 0 Å². The second-order valence-electron chi connectivity index (χ2n) is 5.00. The summed E-state index contributed by atoms with van der Waals surface area (Å²) in [5.74, 6) is 0. The first-order valence-corrected chi connectivity index (χ1v) is 5.17. The molecule has 0 aromatic heterocycles. The molecule has 0 spiro atoms. The topological polar surface area (TPSA) is 20.2 Å². The van der Waals surface area contributed by atoms with Gasteiger partial charge in [0.25, 0.3) is 0 Å². The molecule has 1 atom stereocenters. The average molecular weight is 192 g/mol. The normalized spacial score (nSPS) is 14.1. The van der Waals surface area contributed by atoms with Crippen LogP contribution in [0.5, 0.6) is 0 Å². The molecule has 1 aromatic carbocycles. The van der Waals surface area contributed by atoms with Crippen molar-refractivity contribution >= 4 is 0 Å². The van der Waals surface area contributed by atoms with E-state index in [-0.39, 0.29) is 11.5 Å². The predicted molar refractivity (Wildman–Crippen MR) is 60.5 cm³/mol. The van der Waals surface area contributed by atoms with Gasteiger partial charge in [-0.25, -0.2) is 0 Å². The molecule has 0 amide bonds. The largest absolute Gasteiger partial charge is 0.393 e. The van der Waals surface area contributed by atoms with Crippen molar-refractivity contribution in [3.8, 4) is 0 Å². The van der Waals surface area contributed by atoms with E-state index in [1.165, 1.54) is 11.1 Å². The molecule has 0 saturated heterocycles. The second-order valence-corrected chi connectivity index (χ2v) is 5.00. The van der Waals surface area contributed by atoms with Crippen molar-refractivity contribution in [2.24, 2.45) is 0 Å². The van der Waals surface area contributed by atoms with Crippen LogP contribution < -0.4 is 0 Å². The summed E-state index contributed by atoms with van der Waals surface area (Å²) in [6.07, 6.45) is 0.486. The van der Waals surface area contributed by atoms with Gasteiger partial charge in [-0.05, 0) is 29.9 Å². The summed E-state index contributed by atoms with van der Waals surface area (Å²) in [6.45, 7) is 8.43. The van der Waals surface area contributed by atoms with Crippen molar-refractivity contribution < 1.29 is 5.11 Å². The highest BCUT2D eigenvalue weighted by molar-refractivity contribution is 5.27. The van der Waals surface area contributed by atoms with Gasteiger partial charge in [0.1, 0.15) is 0 Å². The molecule has 1 nitrogen and oxygen atoms in total. The lowest BCUT2D eigenvalue weighted by molar-refractivity contribution is 0.195. The number of benzene rings is 1. The van der Waals surface area contributed by atoms with E-state index < -0.39 is 0 Å². The first-order valence-electron chi connectivity index (χ1n) is 5.17. The zero-order valence-electron chi connectivity index (χ0n) is 9.54. The number of hydrogen-bond donors (Lipinski definition) is 1. The van der Waals surface area contributed by atoms with Crippen molar-refractivity contribution in [2.45, 2.75) is 45.6 Å². The maximum absolute atomic E-state index is 9.23. The van der Waals surface area contributed by atoms with E-state index in [1.54, 1.807) is 0 Å². The number of rotatable bonds is 2. The fourth-order valence-corrected chi connectivity index (χ4v) is 1.48. The summed E-state index contributed by atoms with van der Waals surface area (Å²) in [4.78, 5) is 0. The van der Waals surface area contributed by atoms with Crippen LogP contribution in [-0.4, -0.2) is 11.2 Å². The molecule has 0 radical (unpaired) electrons. The van der Waals surface area contributed by atoms with Gasteiger partial charge in [-0.3, -0.25) is 0 Å². The molecule has 0 heterocycles. The molecular weight excluding hydrogens is 172 g/mol. The Morgan fingerprint density at radius 3 is 2.00 bits per heavy atom. The Labute approximate surface area is 86.8 Å². The van der Waals surface area contributed by atoms with E-state index in [4.69, 9.17) is 0 Å². The summed E-state index contributed by atoms with van der Waals surface area (Å²) < 4.78 is 0. The maximum atomic E-state index is 9.23. The van der Waals surface area contributed by atoms with Gasteiger partial charge in [-0.15, -0.1) is 0 Å². The lowest BCUT2D eigenvalue weighted by Gasteiger charge is -2.19. The van der Waals surface area contributed by atoms with E-state index >= 15 is 0 Å². The van der Waals surface area contributed by atoms with Crippen LogP contribution >= 0.6 is 0 Å². The van der Waals surface area contributed by atoms with E-state index in [1.807, 2.05) is 6.92 Å². The molecule has 0 aliphatic heterocycles. The average Bonchev–Trinajstić information content (AvgIpc) is 2.02. The molecule has 1 heteroatoms. The van der Waals surface area contributed by atoms with Crippen molar-refractivity contribution in [1.29, 1.82) is 0 Å². The molecule has 1 N–H and O–H groups in total. The van der Waals surface area contributed by atoms with Gasteiger partial charge in [0.2, 0.25) is 0 Å². The first kappa shape index (κ1) is 11.3. The lowest BCUT2D eigenvalue weighted by Crippen LogP contribution is -2.11. The third-order valence-electron chi connectivity index (χ3n) is 2.35. The highest BCUT2D eigenvalue weighted by atomic mass is 16.3. The monoisotopic (exact) mass is 192 g/mol. The second kappa shape index (κ2) is 4.14. The van der Waals surface area contributed by atoms with Crippen LogP contribution in [0, 0.1) is 0 Å². The zero-order valence-corrected chi connectivity index (χ0v) is 9.54. The quantitative estimate of drug-likeness (QED) is 0.764. The highest BCUT2D eigenvalue weighted by Gasteiger charge is 2.12. The summed E-state index contributed by atoms with van der Waals surface area (Å²) in [6, 6.07) is 8.51. The summed E-state index contributed by atoms with van der Waals surface area (Å²) in [5.41, 5.74) is 2.75. The summed E-state index contributed by atoms with van der Waals surface area (Å²) in [5, 5.41) is 9.23. The maximum Gasteiger partial charge on any atom is 0.0552 e. The minimum Gasteiger partial charge on any atom is -0.393 e. The standard InChI is InChI=1S/C13H20O/c1-10(14)9-11-5-7-12(8-6-11)13(2,3)4/h5-8,10,14H,9H2,1-4H3/t10-/m1/s1. The molecule has 1 aromatic rings. The molecule has 0 bridgehead atoms. The Morgan fingerprint density at radius 1 is 1.14 bits per heavy atom. The van der Waals surface area contributed by atoms with Crippen LogP contribution in [0.2, 0.25) is 0 Å². The molecule has 1 rings (SSSR count). The predicted octanol–water partition coefficient (Wildman–Crippen LogP) is 2.91. The summed E-state index contributed by atoms with van der Waals surface area (Å²) in [7, 11) is 0. The van der Waals surface area contributed by atoms with Crippen LogP contribution in [0.1, 0.15) is 38.8 Å². The van der Waals surface area contributed by atoms with Crippen molar-refractivity contribution in [3.05, 3.63) is 35.4 Å². The van der Waals surface area contributed by atoms with Gasteiger partial charge in [-0.1, -0.05) is 45.0 Å². The SMILES string of the molecule is C[C@@H](O)Cc1ccc(C(C)(C)C)cc1. The Kier molecular flexibility index (Phi) is 3.33. The molecule has 14 heavy (non-hydrogen) atoms. The van der Waals surface area contributed by atoms with Crippen LogP contribution in [0.4, 0.5) is 0 Å². The van der Waals surface area contributed by atoms with Gasteiger partial charge in [-0.2, -0.15) is 0 Å². The van der Waals surface area contributed by atoms with E-state index in [2.05, 4.69) is 45.0 Å². The van der Waals surface area contributed by atoms with Gasteiger partial charge in [0.15, 0.2) is 0 Å². The Balaban J connectivity index is 2.79. The van der Waals surface area contributed by atoms with E-state index in [9.17, 15) is 5.11 Å². The van der Waals surface area contributed by atoms with Gasteiger partial charge < -0.3 is 5.11 Å². The van der Waals surface area contributed by atoms with E-state index in [0.717, 1.165) is 6.42 Å². The third kappa shape index (κ3) is 3.15. The minimum atomic E-state index is -0.254. The van der Waals surface area contributed by atoms with Crippen LogP contribution in [0.15, 0.2) is 24.3 Å². The van der Waals surface area contributed by atoms with Crippen molar-refractivity contribution in [2.75, 3.05) is 0 Å². The van der Waals surface area contributed by atoms with Gasteiger partial charge in [0.05, 0.1) is 6.10 Å². The Bertz CT molecular complexity index is 277. The van der Waals surface area contributed by atoms with Gasteiger partial charge >= 0.3 is 0 Å². The zero-order chi connectivity index (χ0) is 10.8. The van der Waals surface area contributed by atoms with Crippen LogP contribution in [-0.2, 0) is 11.8 Å². The molecule has 0 aliphatic rings. The van der Waals surface area contributed by atoms with Crippen LogP contribution in [0.25, 0.3) is 0 Å². The Hall–Kier alpha value is -0.820. The summed E-state index contributed by atoms with van der Waals surface area (Å²) >= 11 is 0. The number of aliphatic hydroxyl groups excluding tert-OH is 1. The highest BCUT2D eigenvalue weighted by Crippen LogP contribution is 2.22. The minimum absolute atomic E-state index is 0.212. The number of aliphatic hydroxyl groups is 1. The molecule has 0 saturated carbocycles. The number of hydrogen-bond acceptors (Lipinski definition) is 1. The third-order valence-corrected chi connectivity index (χ3v) is 2.35. The first-order chi connectivity index (χ1) is 6.39.